The quantitative estimate of drug-likeness (QED) is 0.480. The van der Waals surface area contributed by atoms with Crippen LogP contribution in [0.4, 0.5) is 0 Å². The molecule has 58 valence electrons. The summed E-state index contributed by atoms with van der Waals surface area (Å²) in [5.74, 6) is 1.02. The number of hydrogen-bond acceptors (Lipinski definition) is 2. The van der Waals surface area contributed by atoms with Gasteiger partial charge in [0.15, 0.2) is 0 Å². The fourth-order valence-corrected chi connectivity index (χ4v) is 1.42. The van der Waals surface area contributed by atoms with Gasteiger partial charge in [-0.3, -0.25) is 4.79 Å². The van der Waals surface area contributed by atoms with Gasteiger partial charge in [-0.2, -0.15) is 0 Å². The first kappa shape index (κ1) is 7.58. The summed E-state index contributed by atoms with van der Waals surface area (Å²) in [5, 5.41) is 0. The summed E-state index contributed by atoms with van der Waals surface area (Å²) < 4.78 is 4.95. The second-order valence-electron chi connectivity index (χ2n) is 3.33. The lowest BCUT2D eigenvalue weighted by molar-refractivity contribution is -0.143. The molecular formula is C8H14O2. The van der Waals surface area contributed by atoms with E-state index in [9.17, 15) is 4.79 Å². The van der Waals surface area contributed by atoms with E-state index in [2.05, 4.69) is 13.8 Å². The molecule has 1 fully saturated rings. The summed E-state index contributed by atoms with van der Waals surface area (Å²) in [6.07, 6.45) is 1.72. The van der Waals surface area contributed by atoms with Crippen LogP contribution in [0.2, 0.25) is 0 Å². The largest absolute Gasteiger partial charge is 0.465 e. The van der Waals surface area contributed by atoms with E-state index in [0.717, 1.165) is 6.42 Å². The van der Waals surface area contributed by atoms with Gasteiger partial charge in [0.05, 0.1) is 6.61 Å². The average Bonchev–Trinajstić information content (AvgIpc) is 1.93. The predicted molar refractivity (Wildman–Crippen MR) is 38.5 cm³/mol. The highest BCUT2D eigenvalue weighted by atomic mass is 16.5. The van der Waals surface area contributed by atoms with E-state index in [-0.39, 0.29) is 5.97 Å². The summed E-state index contributed by atoms with van der Waals surface area (Å²) >= 11 is 0. The van der Waals surface area contributed by atoms with E-state index >= 15 is 0 Å². The van der Waals surface area contributed by atoms with Gasteiger partial charge in [0.2, 0.25) is 0 Å². The number of ether oxygens (including phenoxy) is 1. The minimum Gasteiger partial charge on any atom is -0.465 e. The van der Waals surface area contributed by atoms with Gasteiger partial charge in [0, 0.05) is 6.42 Å². The molecule has 0 amide bonds. The number of carbonyl (C=O) groups excluding carboxylic acids is 1. The van der Waals surface area contributed by atoms with Crippen molar-refractivity contribution < 1.29 is 9.53 Å². The summed E-state index contributed by atoms with van der Waals surface area (Å²) in [7, 11) is 0. The Morgan fingerprint density at radius 3 is 2.80 bits per heavy atom. The van der Waals surface area contributed by atoms with Gasteiger partial charge in [0.1, 0.15) is 0 Å². The Balaban J connectivity index is 2.46. The standard InChI is InChI=1S/C8H14O2/c1-6-3-7(2)5-10-8(9)4-6/h6-7H,3-5H2,1-2H3/t6-,7+/m0/s1. The topological polar surface area (TPSA) is 26.3 Å². The first-order chi connectivity index (χ1) is 4.68. The summed E-state index contributed by atoms with van der Waals surface area (Å²) in [6, 6.07) is 0. The zero-order valence-electron chi connectivity index (χ0n) is 6.59. The van der Waals surface area contributed by atoms with Crippen molar-refractivity contribution >= 4 is 5.97 Å². The third-order valence-electron chi connectivity index (χ3n) is 1.85. The maximum atomic E-state index is 10.8. The smallest absolute Gasteiger partial charge is 0.306 e. The van der Waals surface area contributed by atoms with E-state index < -0.39 is 0 Å². The maximum absolute atomic E-state index is 10.8. The SMILES string of the molecule is C[C@@H]1CC(=O)OC[C@H](C)C1. The maximum Gasteiger partial charge on any atom is 0.306 e. The first-order valence-electron chi connectivity index (χ1n) is 3.84. The Labute approximate surface area is 61.6 Å². The van der Waals surface area contributed by atoms with Crippen LogP contribution in [-0.2, 0) is 9.53 Å². The van der Waals surface area contributed by atoms with Gasteiger partial charge in [0.25, 0.3) is 0 Å². The molecule has 2 atom stereocenters. The molecule has 1 rings (SSSR count). The molecule has 0 aromatic heterocycles. The van der Waals surface area contributed by atoms with Crippen molar-refractivity contribution in [3.05, 3.63) is 0 Å². The molecule has 1 heterocycles. The first-order valence-corrected chi connectivity index (χ1v) is 3.84. The third-order valence-corrected chi connectivity index (χ3v) is 1.85. The van der Waals surface area contributed by atoms with Crippen molar-refractivity contribution in [2.75, 3.05) is 6.61 Å². The summed E-state index contributed by atoms with van der Waals surface area (Å²) in [4.78, 5) is 10.8. The second-order valence-corrected chi connectivity index (χ2v) is 3.33. The Morgan fingerprint density at radius 2 is 2.10 bits per heavy atom. The third kappa shape index (κ3) is 2.01. The highest BCUT2D eigenvalue weighted by molar-refractivity contribution is 5.69. The zero-order valence-corrected chi connectivity index (χ0v) is 6.59. The van der Waals surface area contributed by atoms with E-state index in [1.165, 1.54) is 0 Å². The van der Waals surface area contributed by atoms with E-state index in [4.69, 9.17) is 4.74 Å². The van der Waals surface area contributed by atoms with E-state index in [1.807, 2.05) is 0 Å². The molecule has 2 nitrogen and oxygen atoms in total. The van der Waals surface area contributed by atoms with Crippen molar-refractivity contribution in [1.29, 1.82) is 0 Å². The molecule has 2 heteroatoms. The van der Waals surface area contributed by atoms with Gasteiger partial charge in [-0.15, -0.1) is 0 Å². The molecule has 0 N–H and O–H groups in total. The van der Waals surface area contributed by atoms with Crippen molar-refractivity contribution in [2.45, 2.75) is 26.7 Å². The van der Waals surface area contributed by atoms with Gasteiger partial charge in [-0.05, 0) is 18.3 Å². The molecule has 0 aromatic carbocycles. The summed E-state index contributed by atoms with van der Waals surface area (Å²) in [6.45, 7) is 4.83. The highest BCUT2D eigenvalue weighted by Gasteiger charge is 2.18. The van der Waals surface area contributed by atoms with Crippen LogP contribution >= 0.6 is 0 Å². The molecule has 0 saturated carbocycles. The molecule has 0 spiro atoms. The van der Waals surface area contributed by atoms with Gasteiger partial charge < -0.3 is 4.74 Å². The van der Waals surface area contributed by atoms with Crippen molar-refractivity contribution in [2.24, 2.45) is 11.8 Å². The van der Waals surface area contributed by atoms with Gasteiger partial charge >= 0.3 is 5.97 Å². The lowest BCUT2D eigenvalue weighted by Crippen LogP contribution is -2.05. The summed E-state index contributed by atoms with van der Waals surface area (Å²) in [5.41, 5.74) is 0. The Morgan fingerprint density at radius 1 is 1.40 bits per heavy atom. The van der Waals surface area contributed by atoms with Crippen LogP contribution in [0.15, 0.2) is 0 Å². The molecule has 1 aliphatic rings. The number of esters is 1. The Hall–Kier alpha value is -0.530. The predicted octanol–water partition coefficient (Wildman–Crippen LogP) is 1.60. The molecule has 10 heavy (non-hydrogen) atoms. The Kier molecular flexibility index (Phi) is 2.30. The number of carbonyl (C=O) groups is 1. The van der Waals surface area contributed by atoms with Crippen molar-refractivity contribution in [1.82, 2.24) is 0 Å². The van der Waals surface area contributed by atoms with E-state index in [1.54, 1.807) is 0 Å². The van der Waals surface area contributed by atoms with Crippen molar-refractivity contribution in [3.63, 3.8) is 0 Å². The molecule has 0 bridgehead atoms. The lowest BCUT2D eigenvalue weighted by atomic mass is 9.97. The lowest BCUT2D eigenvalue weighted by Gasteiger charge is -2.07. The molecular weight excluding hydrogens is 128 g/mol. The minimum absolute atomic E-state index is 0.0307. The van der Waals surface area contributed by atoms with Crippen LogP contribution in [0.25, 0.3) is 0 Å². The monoisotopic (exact) mass is 142 g/mol. The highest BCUT2D eigenvalue weighted by Crippen LogP contribution is 2.19. The molecule has 0 unspecified atom stereocenters. The number of hydrogen-bond donors (Lipinski definition) is 0. The number of cyclic esters (lactones) is 1. The fourth-order valence-electron chi connectivity index (χ4n) is 1.42. The molecule has 1 aliphatic heterocycles. The fraction of sp³-hybridized carbons (Fsp3) is 0.875. The van der Waals surface area contributed by atoms with Gasteiger partial charge in [-0.25, -0.2) is 0 Å². The average molecular weight is 142 g/mol. The second kappa shape index (κ2) is 3.04. The van der Waals surface area contributed by atoms with Crippen LogP contribution in [0.5, 0.6) is 0 Å². The van der Waals surface area contributed by atoms with E-state index in [0.29, 0.717) is 24.9 Å². The van der Waals surface area contributed by atoms with Crippen LogP contribution in [-0.4, -0.2) is 12.6 Å². The molecule has 0 aromatic rings. The molecule has 0 aliphatic carbocycles. The van der Waals surface area contributed by atoms with Crippen molar-refractivity contribution in [3.8, 4) is 0 Å². The zero-order chi connectivity index (χ0) is 7.56. The minimum atomic E-state index is -0.0307. The Bertz CT molecular complexity index is 131. The molecule has 0 radical (unpaired) electrons. The van der Waals surface area contributed by atoms with Crippen LogP contribution in [0.1, 0.15) is 26.7 Å². The van der Waals surface area contributed by atoms with Crippen LogP contribution in [0.3, 0.4) is 0 Å². The normalized spacial score (nSPS) is 34.8. The number of rotatable bonds is 0. The van der Waals surface area contributed by atoms with Crippen LogP contribution < -0.4 is 0 Å². The van der Waals surface area contributed by atoms with Crippen LogP contribution in [0, 0.1) is 11.8 Å². The molecule has 1 saturated heterocycles. The van der Waals surface area contributed by atoms with Gasteiger partial charge in [-0.1, -0.05) is 13.8 Å².